The van der Waals surface area contributed by atoms with Gasteiger partial charge in [0.05, 0.1) is 16.1 Å². The van der Waals surface area contributed by atoms with Crippen molar-refractivity contribution in [2.75, 3.05) is 10.6 Å². The lowest BCUT2D eigenvalue weighted by Crippen LogP contribution is -2.26. The van der Waals surface area contributed by atoms with Gasteiger partial charge in [-0.05, 0) is 101 Å². The lowest BCUT2D eigenvalue weighted by molar-refractivity contribution is 0.361. The van der Waals surface area contributed by atoms with Crippen LogP contribution in [0.25, 0.3) is 20.6 Å². The summed E-state index contributed by atoms with van der Waals surface area (Å²) < 4.78 is 4.60. The maximum absolute atomic E-state index is 4.67. The zero-order valence-corrected chi connectivity index (χ0v) is 26.7. The smallest absolute Gasteiger partial charge is 0.157 e. The minimum atomic E-state index is 0.400. The van der Waals surface area contributed by atoms with Crippen LogP contribution in [0, 0.1) is 32.6 Å². The summed E-state index contributed by atoms with van der Waals surface area (Å²) >= 11 is 3.13. The molecule has 8 nitrogen and oxygen atoms in total. The van der Waals surface area contributed by atoms with Crippen molar-refractivity contribution >= 4 is 55.1 Å². The number of hydrogen-bond acceptors (Lipinski definition) is 10. The van der Waals surface area contributed by atoms with Gasteiger partial charge in [-0.3, -0.25) is 0 Å². The Morgan fingerprint density at radius 3 is 1.77 bits per heavy atom. The van der Waals surface area contributed by atoms with Crippen molar-refractivity contribution in [3.05, 3.63) is 22.4 Å². The minimum absolute atomic E-state index is 0.400. The van der Waals surface area contributed by atoms with Gasteiger partial charge in [-0.15, -0.1) is 0 Å². The summed E-state index contributed by atoms with van der Waals surface area (Å²) in [4.78, 5) is 24.8. The fourth-order valence-corrected chi connectivity index (χ4v) is 7.60. The number of rotatable bonds is 5. The maximum atomic E-state index is 4.67. The highest BCUT2D eigenvalue weighted by molar-refractivity contribution is 7.18. The molecule has 0 aromatic carbocycles. The highest BCUT2D eigenvalue weighted by atomic mass is 32.1. The molecule has 0 aliphatic heterocycles. The number of hydrogen-bond donors (Lipinski definition) is 2. The van der Waals surface area contributed by atoms with E-state index in [1.54, 1.807) is 11.3 Å². The quantitative estimate of drug-likeness (QED) is 0.244. The fraction of sp³-hybridized carbons (Fsp3) is 0.667. The first-order valence-electron chi connectivity index (χ1n) is 14.9. The molecule has 10 heteroatoms. The average Bonchev–Trinajstić information content (AvgIpc) is 3.50. The third kappa shape index (κ3) is 6.87. The van der Waals surface area contributed by atoms with E-state index in [-0.39, 0.29) is 0 Å². The molecule has 0 saturated heterocycles. The van der Waals surface area contributed by atoms with E-state index in [0.717, 1.165) is 66.4 Å². The molecule has 0 unspecified atom stereocenters. The van der Waals surface area contributed by atoms with Crippen LogP contribution in [0.3, 0.4) is 0 Å². The predicted molar refractivity (Wildman–Crippen MR) is 169 cm³/mol. The van der Waals surface area contributed by atoms with Crippen LogP contribution >= 0.6 is 22.9 Å². The Balaban J connectivity index is 0.000000162. The zero-order valence-electron chi connectivity index (χ0n) is 25.0. The normalized spacial score (nSPS) is 23.3. The van der Waals surface area contributed by atoms with Crippen LogP contribution in [0.15, 0.2) is 0 Å². The lowest BCUT2D eigenvalue weighted by Gasteiger charge is -2.27. The molecule has 2 saturated carbocycles. The number of aryl methyl sites for hydroxylation is 3. The van der Waals surface area contributed by atoms with Crippen LogP contribution in [0.4, 0.5) is 11.6 Å². The second-order valence-corrected chi connectivity index (χ2v) is 14.2. The van der Waals surface area contributed by atoms with Gasteiger partial charge in [-0.1, -0.05) is 39.0 Å². The maximum Gasteiger partial charge on any atom is 0.157 e. The lowest BCUT2D eigenvalue weighted by atomic mass is 9.87. The van der Waals surface area contributed by atoms with Gasteiger partial charge in [-0.25, -0.2) is 24.9 Å². The van der Waals surface area contributed by atoms with E-state index < -0.39 is 0 Å². The first kappa shape index (κ1) is 29.0. The van der Waals surface area contributed by atoms with Crippen LogP contribution in [0.5, 0.6) is 0 Å². The van der Waals surface area contributed by atoms with Gasteiger partial charge in [0.1, 0.15) is 32.6 Å². The molecule has 0 radical (unpaired) electrons. The van der Waals surface area contributed by atoms with E-state index in [1.807, 2.05) is 20.8 Å². The van der Waals surface area contributed by atoms with Gasteiger partial charge in [-0.2, -0.15) is 4.37 Å². The molecule has 216 valence electrons. The topological polar surface area (TPSA) is 101 Å². The van der Waals surface area contributed by atoms with Gasteiger partial charge in [0.25, 0.3) is 0 Å². The van der Waals surface area contributed by atoms with E-state index >= 15 is 0 Å². The Bertz CT molecular complexity index is 1430. The summed E-state index contributed by atoms with van der Waals surface area (Å²) in [5, 5.41) is 9.46. The number of nitrogens with one attached hydrogen (secondary N) is 2. The van der Waals surface area contributed by atoms with Crippen LogP contribution < -0.4 is 10.6 Å². The number of anilines is 2. The fourth-order valence-electron chi connectivity index (χ4n) is 5.81. The second kappa shape index (κ2) is 12.6. The summed E-state index contributed by atoms with van der Waals surface area (Å²) in [7, 11) is 0. The molecule has 4 aromatic heterocycles. The monoisotopic (exact) mass is 580 g/mol. The molecule has 0 bridgehead atoms. The molecule has 0 spiro atoms. The molecule has 0 amide bonds. The van der Waals surface area contributed by atoms with Gasteiger partial charge in [0, 0.05) is 12.1 Å². The Kier molecular flexibility index (Phi) is 9.14. The average molecular weight is 581 g/mol. The molecular formula is C30H44N8S2. The Hall–Kier alpha value is -2.46. The molecule has 40 heavy (non-hydrogen) atoms. The van der Waals surface area contributed by atoms with Crippen LogP contribution in [0.1, 0.15) is 107 Å². The number of nitrogens with zero attached hydrogens (tertiary/aromatic N) is 6. The summed E-state index contributed by atoms with van der Waals surface area (Å²) in [6, 6.07) is 1.08. The van der Waals surface area contributed by atoms with Crippen molar-refractivity contribution in [3.63, 3.8) is 0 Å². The molecule has 2 aliphatic carbocycles. The SMILES string of the molecule is Cc1nc(NC2CCC(C)CC2)c2c(C(C)C)nsc2n1.Cc1nc(NC2CCC(C)CC2)c2nc(C)sc2n1. The summed E-state index contributed by atoms with van der Waals surface area (Å²) in [5.74, 6) is 5.70. The van der Waals surface area contributed by atoms with Crippen molar-refractivity contribution in [1.82, 2.24) is 29.3 Å². The summed E-state index contributed by atoms with van der Waals surface area (Å²) in [6.45, 7) is 15.0. The molecule has 4 aromatic rings. The number of aromatic nitrogens is 6. The first-order valence-corrected chi connectivity index (χ1v) is 16.5. The zero-order chi connectivity index (χ0) is 28.4. The largest absolute Gasteiger partial charge is 0.367 e. The van der Waals surface area contributed by atoms with Crippen LogP contribution in [-0.4, -0.2) is 41.4 Å². The van der Waals surface area contributed by atoms with Crippen LogP contribution in [-0.2, 0) is 0 Å². The third-order valence-electron chi connectivity index (χ3n) is 8.21. The molecule has 2 fully saturated rings. The Morgan fingerprint density at radius 2 is 1.20 bits per heavy atom. The Labute approximate surface area is 246 Å². The highest BCUT2D eigenvalue weighted by Crippen LogP contribution is 2.34. The van der Waals surface area contributed by atoms with Crippen molar-refractivity contribution in [1.29, 1.82) is 0 Å². The molecule has 2 aliphatic rings. The van der Waals surface area contributed by atoms with E-state index in [2.05, 4.69) is 67.6 Å². The molecule has 4 heterocycles. The van der Waals surface area contributed by atoms with Gasteiger partial charge >= 0.3 is 0 Å². The van der Waals surface area contributed by atoms with E-state index in [4.69, 9.17) is 0 Å². The second-order valence-electron chi connectivity index (χ2n) is 12.2. The summed E-state index contributed by atoms with van der Waals surface area (Å²) in [6.07, 6.45) is 10.2. The molecule has 0 atom stereocenters. The van der Waals surface area contributed by atoms with E-state index in [0.29, 0.717) is 18.0 Å². The third-order valence-corrected chi connectivity index (χ3v) is 9.83. The van der Waals surface area contributed by atoms with Gasteiger partial charge in [0.15, 0.2) is 5.82 Å². The van der Waals surface area contributed by atoms with Crippen molar-refractivity contribution in [2.45, 2.75) is 118 Å². The minimum Gasteiger partial charge on any atom is -0.367 e. The molecular weight excluding hydrogens is 537 g/mol. The van der Waals surface area contributed by atoms with Gasteiger partial charge < -0.3 is 10.6 Å². The van der Waals surface area contributed by atoms with Crippen LogP contribution in [0.2, 0.25) is 0 Å². The summed E-state index contributed by atoms with van der Waals surface area (Å²) in [5.41, 5.74) is 2.06. The van der Waals surface area contributed by atoms with E-state index in [1.165, 1.54) is 62.9 Å². The standard InChI is InChI=1S/C16H24N4S.C14H20N4S/c1-9(2)14-13-15(17-11(4)18-16(13)21-20-14)19-12-7-5-10(3)6-8-12;1-8-4-6-11(7-5-8)18-13-12-14(16-9(2)15-13)19-10(3)17-12/h9-10,12H,5-8H2,1-4H3,(H,17,18,19);8,11H,4-7H2,1-3H3,(H,15,16,18). The van der Waals surface area contributed by atoms with Crippen molar-refractivity contribution < 1.29 is 0 Å². The molecule has 6 rings (SSSR count). The number of thiazole rings is 1. The number of fused-ring (bicyclic) bond motifs is 2. The first-order chi connectivity index (χ1) is 19.2. The predicted octanol–water partition coefficient (Wildman–Crippen LogP) is 8.20. The van der Waals surface area contributed by atoms with E-state index in [9.17, 15) is 0 Å². The highest BCUT2D eigenvalue weighted by Gasteiger charge is 2.23. The van der Waals surface area contributed by atoms with Crippen molar-refractivity contribution in [3.8, 4) is 0 Å². The molecule has 2 N–H and O–H groups in total. The Morgan fingerprint density at radius 1 is 0.675 bits per heavy atom. The van der Waals surface area contributed by atoms with Gasteiger partial charge in [0.2, 0.25) is 0 Å². The van der Waals surface area contributed by atoms with Crippen molar-refractivity contribution in [2.24, 2.45) is 11.8 Å².